The summed E-state index contributed by atoms with van der Waals surface area (Å²) in [5.74, 6) is 1.48. The average Bonchev–Trinajstić information content (AvgIpc) is 3.71. The predicted octanol–water partition coefficient (Wildman–Crippen LogP) is 10.5. The van der Waals surface area contributed by atoms with E-state index >= 15 is 0 Å². The first-order valence-corrected chi connectivity index (χ1v) is 13.7. The highest BCUT2D eigenvalue weighted by Crippen LogP contribution is 2.48. The van der Waals surface area contributed by atoms with Gasteiger partial charge in [0.25, 0.3) is 0 Å². The van der Waals surface area contributed by atoms with Crippen LogP contribution < -0.4 is 4.90 Å². The van der Waals surface area contributed by atoms with Crippen LogP contribution in [0.2, 0.25) is 0 Å². The molecule has 4 heteroatoms. The van der Waals surface area contributed by atoms with E-state index in [4.69, 9.17) is 13.8 Å². The second-order valence-electron chi connectivity index (χ2n) is 10.4. The van der Waals surface area contributed by atoms with Crippen LogP contribution >= 0.6 is 0 Å². The van der Waals surface area contributed by atoms with Crippen molar-refractivity contribution in [3.8, 4) is 34.0 Å². The first kappa shape index (κ1) is 22.2. The molecule has 0 aliphatic heterocycles. The maximum Gasteiger partial charge on any atom is 0.227 e. The normalized spacial score (nSPS) is 11.9. The highest BCUT2D eigenvalue weighted by molar-refractivity contribution is 6.13. The minimum atomic E-state index is 0.628. The molecule has 41 heavy (non-hydrogen) atoms. The summed E-state index contributed by atoms with van der Waals surface area (Å²) in [6.45, 7) is 0. The SMILES string of the molecule is c1ccc(N(c2ccc(-c3nc4c(o3)-c3cccc5cccc-4c35)cc2)c2ccc3c(c2)oc2ccccc23)cc1. The van der Waals surface area contributed by atoms with Crippen molar-refractivity contribution in [2.75, 3.05) is 4.90 Å². The molecule has 0 saturated heterocycles. The second-order valence-corrected chi connectivity index (χ2v) is 10.4. The number of fused-ring (bicyclic) bond motifs is 6. The van der Waals surface area contributed by atoms with E-state index < -0.39 is 0 Å². The van der Waals surface area contributed by atoms with Gasteiger partial charge in [0.15, 0.2) is 5.76 Å². The number of furan rings is 1. The van der Waals surface area contributed by atoms with E-state index in [0.29, 0.717) is 5.89 Å². The van der Waals surface area contributed by atoms with Crippen LogP contribution in [0.4, 0.5) is 17.1 Å². The van der Waals surface area contributed by atoms with Crippen LogP contribution in [0.25, 0.3) is 66.7 Å². The van der Waals surface area contributed by atoms with E-state index in [-0.39, 0.29) is 0 Å². The Morgan fingerprint density at radius 1 is 0.512 bits per heavy atom. The van der Waals surface area contributed by atoms with E-state index in [0.717, 1.165) is 67.1 Å². The third-order valence-corrected chi connectivity index (χ3v) is 8.04. The van der Waals surface area contributed by atoms with Gasteiger partial charge in [-0.3, -0.25) is 0 Å². The van der Waals surface area contributed by atoms with Crippen LogP contribution in [0.1, 0.15) is 0 Å². The summed E-state index contributed by atoms with van der Waals surface area (Å²) < 4.78 is 12.6. The van der Waals surface area contributed by atoms with Gasteiger partial charge in [-0.1, -0.05) is 72.8 Å². The highest BCUT2D eigenvalue weighted by atomic mass is 16.4. The number of aromatic nitrogens is 1. The molecule has 0 amide bonds. The van der Waals surface area contributed by atoms with Gasteiger partial charge in [0.2, 0.25) is 5.89 Å². The third-order valence-electron chi connectivity index (χ3n) is 8.04. The Balaban J connectivity index is 1.13. The van der Waals surface area contributed by atoms with Crippen LogP contribution in [-0.4, -0.2) is 4.98 Å². The zero-order chi connectivity index (χ0) is 26.9. The van der Waals surface area contributed by atoms with E-state index in [9.17, 15) is 0 Å². The summed E-state index contributed by atoms with van der Waals surface area (Å²) >= 11 is 0. The maximum absolute atomic E-state index is 6.39. The minimum absolute atomic E-state index is 0.628. The molecule has 0 spiro atoms. The summed E-state index contributed by atoms with van der Waals surface area (Å²) in [6.07, 6.45) is 0. The Labute approximate surface area is 235 Å². The van der Waals surface area contributed by atoms with Crippen LogP contribution in [0.15, 0.2) is 142 Å². The molecule has 0 atom stereocenters. The molecule has 8 aromatic rings. The van der Waals surface area contributed by atoms with Gasteiger partial charge in [-0.25, -0.2) is 4.98 Å². The van der Waals surface area contributed by atoms with Gasteiger partial charge in [-0.15, -0.1) is 0 Å². The summed E-state index contributed by atoms with van der Waals surface area (Å²) in [7, 11) is 0. The fraction of sp³-hybridized carbons (Fsp3) is 0. The molecule has 0 N–H and O–H groups in total. The molecule has 1 aliphatic rings. The van der Waals surface area contributed by atoms with E-state index in [1.165, 1.54) is 10.8 Å². The highest BCUT2D eigenvalue weighted by Gasteiger charge is 2.27. The minimum Gasteiger partial charge on any atom is -0.456 e. The third kappa shape index (κ3) is 3.31. The van der Waals surface area contributed by atoms with Crippen molar-refractivity contribution in [3.05, 3.63) is 133 Å². The zero-order valence-corrected chi connectivity index (χ0v) is 21.9. The van der Waals surface area contributed by atoms with Crippen molar-refractivity contribution in [1.82, 2.24) is 4.98 Å². The number of para-hydroxylation sites is 2. The molecular weight excluding hydrogens is 504 g/mol. The Kier molecular flexibility index (Phi) is 4.58. The molecule has 0 unspecified atom stereocenters. The Hall–Kier alpha value is -5.61. The molecule has 0 saturated carbocycles. The van der Waals surface area contributed by atoms with Crippen LogP contribution in [0.5, 0.6) is 0 Å². The standard InChI is InChI=1S/C37H22N2O2/c1-2-10-25(11-3-1)39(27-20-21-29-28-12-4-5-15-32(28)40-33(29)22-27)26-18-16-24(17-19-26)37-38-35-30-13-6-8-23-9-7-14-31(34(23)30)36(35)41-37/h1-22H. The zero-order valence-electron chi connectivity index (χ0n) is 21.9. The molecule has 0 radical (unpaired) electrons. The van der Waals surface area contributed by atoms with Crippen LogP contribution in [-0.2, 0) is 0 Å². The van der Waals surface area contributed by atoms with Gasteiger partial charge >= 0.3 is 0 Å². The van der Waals surface area contributed by atoms with Crippen LogP contribution in [0, 0.1) is 0 Å². The molecule has 9 rings (SSSR count). The lowest BCUT2D eigenvalue weighted by Gasteiger charge is -2.25. The monoisotopic (exact) mass is 526 g/mol. The van der Waals surface area contributed by atoms with Gasteiger partial charge in [-0.05, 0) is 60.0 Å². The lowest BCUT2D eigenvalue weighted by atomic mass is 10.0. The van der Waals surface area contributed by atoms with Crippen LogP contribution in [0.3, 0.4) is 0 Å². The molecule has 0 fully saturated rings. The summed E-state index contributed by atoms with van der Waals surface area (Å²) in [4.78, 5) is 7.19. The molecule has 192 valence electrons. The van der Waals surface area contributed by atoms with E-state index in [1.54, 1.807) is 0 Å². The first-order valence-electron chi connectivity index (χ1n) is 13.7. The van der Waals surface area contributed by atoms with Gasteiger partial charge in [0.1, 0.15) is 16.9 Å². The summed E-state index contributed by atoms with van der Waals surface area (Å²) in [6, 6.07) is 46.1. The number of rotatable bonds is 4. The Morgan fingerprint density at radius 3 is 2.07 bits per heavy atom. The van der Waals surface area contributed by atoms with E-state index in [1.807, 2.05) is 24.3 Å². The number of nitrogens with zero attached hydrogens (tertiary/aromatic N) is 2. The van der Waals surface area contributed by atoms with E-state index in [2.05, 4.69) is 114 Å². The molecule has 1 aliphatic carbocycles. The molecule has 4 nitrogen and oxygen atoms in total. The van der Waals surface area contributed by atoms with Crippen molar-refractivity contribution in [1.29, 1.82) is 0 Å². The molecule has 6 aromatic carbocycles. The van der Waals surface area contributed by atoms with Crippen molar-refractivity contribution < 1.29 is 8.83 Å². The van der Waals surface area contributed by atoms with Crippen molar-refractivity contribution in [2.45, 2.75) is 0 Å². The molecule has 2 heterocycles. The number of oxazole rings is 1. The lowest BCUT2D eigenvalue weighted by Crippen LogP contribution is -2.09. The van der Waals surface area contributed by atoms with Gasteiger partial charge in [0, 0.05) is 56.0 Å². The molecular formula is C37H22N2O2. The van der Waals surface area contributed by atoms with Gasteiger partial charge < -0.3 is 13.7 Å². The second kappa shape index (κ2) is 8.44. The fourth-order valence-electron chi connectivity index (χ4n) is 6.17. The molecule has 0 bridgehead atoms. The van der Waals surface area contributed by atoms with Gasteiger partial charge in [0.05, 0.1) is 0 Å². The topological polar surface area (TPSA) is 42.4 Å². The fourth-order valence-corrected chi connectivity index (χ4v) is 6.17. The van der Waals surface area contributed by atoms with Crippen molar-refractivity contribution in [3.63, 3.8) is 0 Å². The molecule has 2 aromatic heterocycles. The van der Waals surface area contributed by atoms with Crippen molar-refractivity contribution >= 4 is 49.8 Å². The predicted molar refractivity (Wildman–Crippen MR) is 166 cm³/mol. The Bertz CT molecular complexity index is 2200. The lowest BCUT2D eigenvalue weighted by molar-refractivity contribution is 0.590. The quantitative estimate of drug-likeness (QED) is 0.229. The Morgan fingerprint density at radius 2 is 1.22 bits per heavy atom. The number of anilines is 3. The number of hydrogen-bond donors (Lipinski definition) is 0. The number of hydrogen-bond acceptors (Lipinski definition) is 4. The maximum atomic E-state index is 6.39. The first-order chi connectivity index (χ1) is 20.3. The van der Waals surface area contributed by atoms with Gasteiger partial charge in [-0.2, -0.15) is 0 Å². The number of benzene rings is 6. The summed E-state index contributed by atoms with van der Waals surface area (Å²) in [5, 5.41) is 4.67. The average molecular weight is 527 g/mol. The largest absolute Gasteiger partial charge is 0.456 e. The summed E-state index contributed by atoms with van der Waals surface area (Å²) in [5.41, 5.74) is 8.98. The van der Waals surface area contributed by atoms with Crippen molar-refractivity contribution in [2.24, 2.45) is 0 Å². The smallest absolute Gasteiger partial charge is 0.227 e.